The van der Waals surface area contributed by atoms with Crippen LogP contribution in [0.5, 0.6) is 5.75 Å². The van der Waals surface area contributed by atoms with Crippen molar-refractivity contribution in [2.45, 2.75) is 20.5 Å². The summed E-state index contributed by atoms with van der Waals surface area (Å²) < 4.78 is 5.76. The van der Waals surface area contributed by atoms with Crippen molar-refractivity contribution in [2.24, 2.45) is 0 Å². The van der Waals surface area contributed by atoms with Gasteiger partial charge in [-0.15, -0.1) is 11.3 Å². The molecule has 24 heavy (non-hydrogen) atoms. The Morgan fingerprint density at radius 3 is 2.54 bits per heavy atom. The first-order valence-corrected chi connectivity index (χ1v) is 8.31. The molecule has 3 aromatic rings. The molecular weight excluding hydrogens is 324 g/mol. The maximum atomic E-state index is 11.0. The van der Waals surface area contributed by atoms with Gasteiger partial charge in [0.1, 0.15) is 12.4 Å². The third-order valence-electron chi connectivity index (χ3n) is 3.78. The van der Waals surface area contributed by atoms with Crippen LogP contribution in [0.25, 0.3) is 11.3 Å². The van der Waals surface area contributed by atoms with Gasteiger partial charge in [-0.25, -0.2) is 4.98 Å². The van der Waals surface area contributed by atoms with Crippen LogP contribution in [0.15, 0.2) is 47.8 Å². The molecule has 0 aliphatic carbocycles. The fourth-order valence-electron chi connectivity index (χ4n) is 2.40. The summed E-state index contributed by atoms with van der Waals surface area (Å²) in [5, 5.41) is 14.0. The molecule has 0 radical (unpaired) electrons. The number of hydrogen-bond donors (Lipinski definition) is 0. The molecule has 3 rings (SSSR count). The van der Waals surface area contributed by atoms with Gasteiger partial charge in [-0.2, -0.15) is 0 Å². The molecule has 0 fully saturated rings. The number of hydrogen-bond acceptors (Lipinski definition) is 5. The first-order chi connectivity index (χ1) is 11.5. The van der Waals surface area contributed by atoms with Gasteiger partial charge in [0.05, 0.1) is 15.6 Å². The lowest BCUT2D eigenvalue weighted by atomic mass is 10.1. The largest absolute Gasteiger partial charge is 0.489 e. The number of thiazole rings is 1. The van der Waals surface area contributed by atoms with Gasteiger partial charge in [-0.1, -0.05) is 12.1 Å². The number of aromatic nitrogens is 1. The fraction of sp³-hybridized carbons (Fsp3) is 0.167. The molecule has 0 saturated heterocycles. The van der Waals surface area contributed by atoms with Crippen molar-refractivity contribution in [1.29, 1.82) is 0 Å². The molecule has 0 spiro atoms. The van der Waals surface area contributed by atoms with Gasteiger partial charge in [-0.05, 0) is 43.7 Å². The second kappa shape index (κ2) is 6.80. The minimum absolute atomic E-state index is 0.116. The lowest BCUT2D eigenvalue weighted by Crippen LogP contribution is -2.01. The molecule has 5 nitrogen and oxygen atoms in total. The lowest BCUT2D eigenvalue weighted by Gasteiger charge is -2.09. The van der Waals surface area contributed by atoms with Gasteiger partial charge < -0.3 is 4.74 Å². The molecule has 1 heterocycles. The van der Waals surface area contributed by atoms with Gasteiger partial charge in [-0.3, -0.25) is 10.1 Å². The molecule has 2 aromatic carbocycles. The highest BCUT2D eigenvalue weighted by Gasteiger charge is 2.13. The zero-order chi connectivity index (χ0) is 17.1. The zero-order valence-corrected chi connectivity index (χ0v) is 14.2. The Hall–Kier alpha value is -2.73. The highest BCUT2D eigenvalue weighted by atomic mass is 32.1. The summed E-state index contributed by atoms with van der Waals surface area (Å²) in [6.45, 7) is 4.01. The van der Waals surface area contributed by atoms with Crippen LogP contribution < -0.4 is 4.74 Å². The number of nitro groups is 1. The summed E-state index contributed by atoms with van der Waals surface area (Å²) >= 11 is 1.62. The smallest absolute Gasteiger partial charge is 0.272 e. The average Bonchev–Trinajstić information content (AvgIpc) is 3.00. The standard InChI is InChI=1S/C18H16N2O3S/c1-12-15(4-3-5-18(12)20(21)22)10-23-16-8-6-14(7-9-16)17-11-24-13(2)19-17/h3-9,11H,10H2,1-2H3. The van der Waals surface area contributed by atoms with Crippen LogP contribution in [-0.2, 0) is 6.61 Å². The first-order valence-electron chi connectivity index (χ1n) is 7.43. The minimum atomic E-state index is -0.372. The molecule has 122 valence electrons. The summed E-state index contributed by atoms with van der Waals surface area (Å²) in [5.74, 6) is 0.719. The van der Waals surface area contributed by atoms with Crippen LogP contribution in [0.4, 0.5) is 5.69 Å². The van der Waals surface area contributed by atoms with Crippen LogP contribution in [0.1, 0.15) is 16.1 Å². The molecule has 0 aliphatic heterocycles. The van der Waals surface area contributed by atoms with E-state index in [1.54, 1.807) is 24.3 Å². The van der Waals surface area contributed by atoms with Gasteiger partial charge in [0.25, 0.3) is 5.69 Å². The Bertz CT molecular complexity index is 872. The second-order valence-corrected chi connectivity index (χ2v) is 6.45. The molecule has 0 aliphatic rings. The summed E-state index contributed by atoms with van der Waals surface area (Å²) in [6.07, 6.45) is 0. The van der Waals surface area contributed by atoms with Gasteiger partial charge >= 0.3 is 0 Å². The van der Waals surface area contributed by atoms with E-state index in [-0.39, 0.29) is 10.6 Å². The van der Waals surface area contributed by atoms with Crippen molar-refractivity contribution in [3.8, 4) is 17.0 Å². The number of nitrogens with zero attached hydrogens (tertiary/aromatic N) is 2. The van der Waals surface area contributed by atoms with E-state index in [2.05, 4.69) is 4.98 Å². The van der Waals surface area contributed by atoms with Crippen LogP contribution in [-0.4, -0.2) is 9.91 Å². The summed E-state index contributed by atoms with van der Waals surface area (Å²) in [7, 11) is 0. The normalized spacial score (nSPS) is 10.6. The van der Waals surface area contributed by atoms with Crippen molar-refractivity contribution >= 4 is 17.0 Å². The third-order valence-corrected chi connectivity index (χ3v) is 4.55. The maximum absolute atomic E-state index is 11.0. The fourth-order valence-corrected chi connectivity index (χ4v) is 3.03. The van der Waals surface area contributed by atoms with E-state index in [0.717, 1.165) is 27.6 Å². The van der Waals surface area contributed by atoms with Gasteiger partial charge in [0.15, 0.2) is 0 Å². The molecule has 0 amide bonds. The van der Waals surface area contributed by atoms with Gasteiger partial charge in [0, 0.05) is 22.6 Å². The van der Waals surface area contributed by atoms with E-state index < -0.39 is 0 Å². The van der Waals surface area contributed by atoms with Crippen LogP contribution in [0.2, 0.25) is 0 Å². The van der Waals surface area contributed by atoms with Crippen LogP contribution >= 0.6 is 11.3 Å². The Morgan fingerprint density at radius 2 is 1.92 bits per heavy atom. The highest BCUT2D eigenvalue weighted by molar-refractivity contribution is 7.09. The average molecular weight is 340 g/mol. The second-order valence-electron chi connectivity index (χ2n) is 5.38. The number of ether oxygens (including phenoxy) is 1. The maximum Gasteiger partial charge on any atom is 0.272 e. The molecular formula is C18H16N2O3S. The minimum Gasteiger partial charge on any atom is -0.489 e. The molecule has 6 heteroatoms. The van der Waals surface area contributed by atoms with E-state index >= 15 is 0 Å². The van der Waals surface area contributed by atoms with Crippen molar-refractivity contribution in [1.82, 2.24) is 4.98 Å². The monoisotopic (exact) mass is 340 g/mol. The molecule has 0 bridgehead atoms. The number of aryl methyl sites for hydroxylation is 1. The van der Waals surface area contributed by atoms with Crippen molar-refractivity contribution in [2.75, 3.05) is 0 Å². The van der Waals surface area contributed by atoms with E-state index in [9.17, 15) is 10.1 Å². The van der Waals surface area contributed by atoms with E-state index in [1.165, 1.54) is 6.07 Å². The van der Waals surface area contributed by atoms with Crippen LogP contribution in [0, 0.1) is 24.0 Å². The van der Waals surface area contributed by atoms with Crippen molar-refractivity contribution in [3.05, 3.63) is 74.1 Å². The predicted molar refractivity (Wildman–Crippen MR) is 94.5 cm³/mol. The quantitative estimate of drug-likeness (QED) is 0.489. The number of rotatable bonds is 5. The van der Waals surface area contributed by atoms with Crippen molar-refractivity contribution in [3.63, 3.8) is 0 Å². The van der Waals surface area contributed by atoms with Crippen molar-refractivity contribution < 1.29 is 9.66 Å². The Morgan fingerprint density at radius 1 is 1.17 bits per heavy atom. The zero-order valence-electron chi connectivity index (χ0n) is 13.4. The highest BCUT2D eigenvalue weighted by Crippen LogP contribution is 2.25. The SMILES string of the molecule is Cc1nc(-c2ccc(OCc3cccc([N+](=O)[O-])c3C)cc2)cs1. The topological polar surface area (TPSA) is 65.3 Å². The van der Waals surface area contributed by atoms with Crippen LogP contribution in [0.3, 0.4) is 0 Å². The first kappa shape index (κ1) is 16.1. The predicted octanol–water partition coefficient (Wildman–Crippen LogP) is 4.91. The summed E-state index contributed by atoms with van der Waals surface area (Å²) in [5.41, 5.74) is 3.56. The molecule has 0 unspecified atom stereocenters. The Balaban J connectivity index is 1.71. The number of nitro benzene ring substituents is 1. The Labute approximate surface area is 143 Å². The van der Waals surface area contributed by atoms with E-state index in [0.29, 0.717) is 12.2 Å². The Kier molecular flexibility index (Phi) is 4.57. The molecule has 0 N–H and O–H groups in total. The van der Waals surface area contributed by atoms with E-state index in [1.807, 2.05) is 42.6 Å². The van der Waals surface area contributed by atoms with Gasteiger partial charge in [0.2, 0.25) is 0 Å². The van der Waals surface area contributed by atoms with E-state index in [4.69, 9.17) is 4.74 Å². The number of benzene rings is 2. The summed E-state index contributed by atoms with van der Waals surface area (Å²) in [4.78, 5) is 15.1. The molecule has 0 atom stereocenters. The summed E-state index contributed by atoms with van der Waals surface area (Å²) in [6, 6.07) is 12.7. The lowest BCUT2D eigenvalue weighted by molar-refractivity contribution is -0.385. The molecule has 1 aromatic heterocycles. The third kappa shape index (κ3) is 3.44. The molecule has 0 saturated carbocycles.